The number of carbonyl (C=O) groups excluding carboxylic acids is 3. The lowest BCUT2D eigenvalue weighted by molar-refractivity contribution is -0.127. The number of imide groups is 1. The van der Waals surface area contributed by atoms with E-state index in [-0.39, 0.29) is 4.91 Å². The number of furan rings is 1. The van der Waals surface area contributed by atoms with Gasteiger partial charge in [0.05, 0.1) is 28.8 Å². The molecule has 8 nitrogen and oxygen atoms in total. The van der Waals surface area contributed by atoms with Gasteiger partial charge in [0.25, 0.3) is 11.1 Å². The van der Waals surface area contributed by atoms with E-state index in [1.807, 2.05) is 11.0 Å². The molecule has 1 aromatic heterocycles. The molecule has 0 radical (unpaired) electrons. The van der Waals surface area contributed by atoms with E-state index in [4.69, 9.17) is 20.8 Å². The number of ether oxygens (including phenoxy) is 1. The zero-order chi connectivity index (χ0) is 21.1. The first-order chi connectivity index (χ1) is 14.5. The highest BCUT2D eigenvalue weighted by Crippen LogP contribution is 2.33. The Kier molecular flexibility index (Phi) is 6.12. The number of nitrogens with zero attached hydrogens (tertiary/aromatic N) is 2. The maximum Gasteiger partial charge on any atom is 0.294 e. The number of morpholine rings is 1. The zero-order valence-electron chi connectivity index (χ0n) is 15.8. The molecule has 0 aliphatic carbocycles. The lowest BCUT2D eigenvalue weighted by Gasteiger charge is -2.26. The summed E-state index contributed by atoms with van der Waals surface area (Å²) in [7, 11) is 0. The predicted molar refractivity (Wildman–Crippen MR) is 114 cm³/mol. The van der Waals surface area contributed by atoms with Gasteiger partial charge in [-0.1, -0.05) is 23.7 Å². The second-order valence-corrected chi connectivity index (χ2v) is 7.97. The minimum atomic E-state index is -0.538. The first-order valence-corrected chi connectivity index (χ1v) is 10.4. The van der Waals surface area contributed by atoms with Crippen molar-refractivity contribution in [3.63, 3.8) is 0 Å². The van der Waals surface area contributed by atoms with Crippen LogP contribution in [0.2, 0.25) is 5.02 Å². The summed E-state index contributed by atoms with van der Waals surface area (Å²) in [6, 6.07) is 10.3. The number of carbonyl (C=O) groups is 3. The van der Waals surface area contributed by atoms with E-state index < -0.39 is 23.6 Å². The normalized spacial score (nSPS) is 18.4. The molecule has 0 unspecified atom stereocenters. The van der Waals surface area contributed by atoms with Crippen LogP contribution in [-0.2, 0) is 14.3 Å². The maximum absolute atomic E-state index is 12.6. The van der Waals surface area contributed by atoms with E-state index >= 15 is 0 Å². The lowest BCUT2D eigenvalue weighted by atomic mass is 10.3. The van der Waals surface area contributed by atoms with Crippen molar-refractivity contribution >= 4 is 58.1 Å². The average molecular weight is 448 g/mol. The highest BCUT2D eigenvalue weighted by molar-refractivity contribution is 8.18. The molecular formula is C20H18ClN3O5S. The molecule has 1 N–H and O–H groups in total. The molecule has 0 saturated carbocycles. The van der Waals surface area contributed by atoms with Gasteiger partial charge in [0.2, 0.25) is 5.91 Å². The van der Waals surface area contributed by atoms with Gasteiger partial charge < -0.3 is 19.4 Å². The highest BCUT2D eigenvalue weighted by Gasteiger charge is 2.36. The van der Waals surface area contributed by atoms with Gasteiger partial charge in [-0.25, -0.2) is 0 Å². The van der Waals surface area contributed by atoms with Crippen LogP contribution >= 0.6 is 23.4 Å². The molecule has 2 aromatic rings. The molecule has 3 amide bonds. The molecule has 10 heteroatoms. The fourth-order valence-electron chi connectivity index (χ4n) is 3.03. The van der Waals surface area contributed by atoms with Crippen LogP contribution in [0.1, 0.15) is 5.76 Å². The molecule has 0 atom stereocenters. The molecule has 2 aliphatic heterocycles. The molecule has 30 heavy (non-hydrogen) atoms. The standard InChI is InChI=1S/C20H18ClN3O5S/c21-14-3-1-2-4-15(14)22-17(25)12-24-19(26)16(30-20(24)27)11-13-5-6-18(29-13)23-7-9-28-10-8-23/h1-6,11H,7-10,12H2,(H,22,25)/b16-11+. The number of anilines is 2. The maximum atomic E-state index is 12.6. The largest absolute Gasteiger partial charge is 0.441 e. The van der Waals surface area contributed by atoms with Gasteiger partial charge in [0, 0.05) is 25.2 Å². The second kappa shape index (κ2) is 8.95. The summed E-state index contributed by atoms with van der Waals surface area (Å²) < 4.78 is 11.1. The van der Waals surface area contributed by atoms with Gasteiger partial charge in [-0.2, -0.15) is 0 Å². The topological polar surface area (TPSA) is 92.1 Å². The molecule has 2 saturated heterocycles. The predicted octanol–water partition coefficient (Wildman–Crippen LogP) is 3.44. The Labute approximate surface area is 181 Å². The summed E-state index contributed by atoms with van der Waals surface area (Å²) in [4.78, 5) is 40.3. The van der Waals surface area contributed by atoms with E-state index in [2.05, 4.69) is 5.32 Å². The summed E-state index contributed by atoms with van der Waals surface area (Å²) >= 11 is 6.79. The molecule has 2 fully saturated rings. The summed E-state index contributed by atoms with van der Waals surface area (Å²) in [5, 5.41) is 2.46. The molecular weight excluding hydrogens is 430 g/mol. The van der Waals surface area contributed by atoms with Gasteiger partial charge >= 0.3 is 0 Å². The number of hydrogen-bond donors (Lipinski definition) is 1. The summed E-state index contributed by atoms with van der Waals surface area (Å²) in [6.45, 7) is 2.31. The number of thioether (sulfide) groups is 1. The number of rotatable bonds is 5. The third-order valence-electron chi connectivity index (χ3n) is 4.53. The van der Waals surface area contributed by atoms with E-state index in [0.29, 0.717) is 35.6 Å². The van der Waals surface area contributed by atoms with E-state index in [0.717, 1.165) is 29.8 Å². The van der Waals surface area contributed by atoms with E-state index in [1.165, 1.54) is 6.08 Å². The Morgan fingerprint density at radius 3 is 2.70 bits per heavy atom. The number of para-hydroxylation sites is 1. The van der Waals surface area contributed by atoms with Crippen LogP contribution in [0.4, 0.5) is 16.4 Å². The van der Waals surface area contributed by atoms with E-state index in [1.54, 1.807) is 30.3 Å². The van der Waals surface area contributed by atoms with Crippen LogP contribution in [0.25, 0.3) is 6.08 Å². The van der Waals surface area contributed by atoms with Gasteiger partial charge in [-0.15, -0.1) is 0 Å². The Hall–Kier alpha value is -2.75. The van der Waals surface area contributed by atoms with Crippen molar-refractivity contribution in [3.8, 4) is 0 Å². The fraction of sp³-hybridized carbons (Fsp3) is 0.250. The number of benzene rings is 1. The number of hydrogen-bond acceptors (Lipinski definition) is 7. The third-order valence-corrected chi connectivity index (χ3v) is 5.77. The van der Waals surface area contributed by atoms with E-state index in [9.17, 15) is 14.4 Å². The Bertz CT molecular complexity index is 1020. The second-order valence-electron chi connectivity index (χ2n) is 6.57. The summed E-state index contributed by atoms with van der Waals surface area (Å²) in [5.41, 5.74) is 0.415. The van der Waals surface area contributed by atoms with Crippen LogP contribution in [0.5, 0.6) is 0 Å². The Balaban J connectivity index is 1.41. The molecule has 1 aromatic carbocycles. The molecule has 2 aliphatic rings. The lowest BCUT2D eigenvalue weighted by Crippen LogP contribution is -2.36. The van der Waals surface area contributed by atoms with Crippen LogP contribution in [0, 0.1) is 0 Å². The molecule has 0 spiro atoms. The molecule has 156 valence electrons. The van der Waals surface area contributed by atoms with Crippen molar-refractivity contribution in [2.45, 2.75) is 0 Å². The fourth-order valence-corrected chi connectivity index (χ4v) is 4.04. The monoisotopic (exact) mass is 447 g/mol. The number of nitrogens with one attached hydrogen (secondary N) is 1. The minimum absolute atomic E-state index is 0.202. The Morgan fingerprint density at radius 2 is 1.93 bits per heavy atom. The van der Waals surface area contributed by atoms with Crippen LogP contribution in [-0.4, -0.2) is 54.8 Å². The zero-order valence-corrected chi connectivity index (χ0v) is 17.4. The summed E-state index contributed by atoms with van der Waals surface area (Å²) in [5.74, 6) is 0.0910. The van der Waals surface area contributed by atoms with Crippen LogP contribution < -0.4 is 10.2 Å². The van der Waals surface area contributed by atoms with Crippen LogP contribution in [0.15, 0.2) is 45.7 Å². The Morgan fingerprint density at radius 1 is 1.17 bits per heavy atom. The van der Waals surface area contributed by atoms with Gasteiger partial charge in [-0.05, 0) is 30.0 Å². The SMILES string of the molecule is O=C(CN1C(=O)S/C(=C/c2ccc(N3CCOCC3)o2)C1=O)Nc1ccccc1Cl. The van der Waals surface area contributed by atoms with Gasteiger partial charge in [0.1, 0.15) is 12.3 Å². The third kappa shape index (κ3) is 4.53. The molecule has 0 bridgehead atoms. The van der Waals surface area contributed by atoms with Gasteiger partial charge in [-0.3, -0.25) is 19.3 Å². The summed E-state index contributed by atoms with van der Waals surface area (Å²) in [6.07, 6.45) is 1.51. The van der Waals surface area contributed by atoms with Crippen LogP contribution in [0.3, 0.4) is 0 Å². The highest BCUT2D eigenvalue weighted by atomic mass is 35.5. The number of amides is 3. The first kappa shape index (κ1) is 20.5. The first-order valence-electron chi connectivity index (χ1n) is 9.23. The van der Waals surface area contributed by atoms with Gasteiger partial charge in [0.15, 0.2) is 5.88 Å². The van der Waals surface area contributed by atoms with Crippen molar-refractivity contribution in [3.05, 3.63) is 52.1 Å². The van der Waals surface area contributed by atoms with Crippen molar-refractivity contribution < 1.29 is 23.5 Å². The molecule has 4 rings (SSSR count). The molecule has 3 heterocycles. The smallest absolute Gasteiger partial charge is 0.294 e. The minimum Gasteiger partial charge on any atom is -0.441 e. The van der Waals surface area contributed by atoms with Crippen molar-refractivity contribution in [2.75, 3.05) is 43.1 Å². The van der Waals surface area contributed by atoms with Crippen molar-refractivity contribution in [1.29, 1.82) is 0 Å². The number of halogens is 1. The quantitative estimate of drug-likeness (QED) is 0.702. The average Bonchev–Trinajstić information content (AvgIpc) is 3.31. The van der Waals surface area contributed by atoms with Crippen molar-refractivity contribution in [1.82, 2.24) is 4.90 Å². The van der Waals surface area contributed by atoms with Crippen molar-refractivity contribution in [2.24, 2.45) is 0 Å².